The van der Waals surface area contributed by atoms with E-state index in [0.29, 0.717) is 3.92 Å². The molecule has 0 N–H and O–H groups in total. The van der Waals surface area contributed by atoms with Crippen molar-refractivity contribution in [3.63, 3.8) is 0 Å². The van der Waals surface area contributed by atoms with E-state index >= 15 is 0 Å². The lowest BCUT2D eigenvalue weighted by Gasteiger charge is -2.09. The van der Waals surface area contributed by atoms with Crippen molar-refractivity contribution in [3.05, 3.63) is 34.9 Å². The minimum Gasteiger partial charge on any atom is -0.0777 e. The molecule has 0 nitrogen and oxygen atoms in total. The number of halogens is 1. The van der Waals surface area contributed by atoms with Crippen LogP contribution in [0.15, 0.2) is 18.2 Å². The first-order valence-corrected chi connectivity index (χ1v) is 5.07. The maximum Gasteiger partial charge on any atom is 0.0334 e. The Morgan fingerprint density at radius 3 is 2.36 bits per heavy atom. The first-order valence-electron chi connectivity index (χ1n) is 3.83. The maximum atomic E-state index is 2.45. The summed E-state index contributed by atoms with van der Waals surface area (Å²) in [7, 11) is 0. The summed E-state index contributed by atoms with van der Waals surface area (Å²) in [4.78, 5) is 0. The summed E-state index contributed by atoms with van der Waals surface area (Å²) in [5.41, 5.74) is 4.30. The number of hydrogen-bond donors (Lipinski definition) is 0. The van der Waals surface area contributed by atoms with Crippen LogP contribution in [0.1, 0.15) is 27.5 Å². The van der Waals surface area contributed by atoms with Crippen LogP contribution in [0.3, 0.4) is 0 Å². The summed E-state index contributed by atoms with van der Waals surface area (Å²) in [5.74, 6) is 0. The van der Waals surface area contributed by atoms with Crippen LogP contribution in [0.5, 0.6) is 0 Å². The van der Waals surface area contributed by atoms with Gasteiger partial charge in [0.15, 0.2) is 0 Å². The van der Waals surface area contributed by atoms with Crippen molar-refractivity contribution in [2.24, 2.45) is 0 Å². The molecule has 0 spiro atoms. The van der Waals surface area contributed by atoms with E-state index in [4.69, 9.17) is 0 Å². The highest BCUT2D eigenvalue weighted by molar-refractivity contribution is 14.1. The van der Waals surface area contributed by atoms with E-state index in [-0.39, 0.29) is 0 Å². The number of alkyl halides is 1. The van der Waals surface area contributed by atoms with Crippen molar-refractivity contribution >= 4 is 22.6 Å². The summed E-state index contributed by atoms with van der Waals surface area (Å²) in [5, 5.41) is 0. The lowest BCUT2D eigenvalue weighted by atomic mass is 10.0. The molecule has 0 radical (unpaired) electrons. The fourth-order valence-electron chi connectivity index (χ4n) is 1.20. The van der Waals surface area contributed by atoms with Crippen LogP contribution < -0.4 is 0 Å². The predicted octanol–water partition coefficient (Wildman–Crippen LogP) is 3.80. The van der Waals surface area contributed by atoms with Gasteiger partial charge in [-0.3, -0.25) is 0 Å². The molecular formula is C10H13I. The van der Waals surface area contributed by atoms with Gasteiger partial charge in [-0.15, -0.1) is 0 Å². The molecule has 0 heterocycles. The maximum absolute atomic E-state index is 2.45. The SMILES string of the molecule is Cc1cccc(C(C)I)c1C. The first-order chi connectivity index (χ1) is 5.13. The van der Waals surface area contributed by atoms with Gasteiger partial charge in [0.25, 0.3) is 0 Å². The van der Waals surface area contributed by atoms with Crippen LogP contribution in [0.2, 0.25) is 0 Å². The lowest BCUT2D eigenvalue weighted by molar-refractivity contribution is 1.10. The van der Waals surface area contributed by atoms with E-state index < -0.39 is 0 Å². The van der Waals surface area contributed by atoms with Gasteiger partial charge in [-0.2, -0.15) is 0 Å². The molecule has 0 aliphatic rings. The number of benzene rings is 1. The first kappa shape index (κ1) is 9.04. The molecule has 0 fully saturated rings. The highest BCUT2D eigenvalue weighted by Gasteiger charge is 2.04. The summed E-state index contributed by atoms with van der Waals surface area (Å²) < 4.78 is 0.618. The van der Waals surface area contributed by atoms with E-state index in [1.165, 1.54) is 16.7 Å². The van der Waals surface area contributed by atoms with Gasteiger partial charge in [-0.25, -0.2) is 0 Å². The fourth-order valence-corrected chi connectivity index (χ4v) is 1.88. The van der Waals surface area contributed by atoms with Gasteiger partial charge in [0.05, 0.1) is 0 Å². The van der Waals surface area contributed by atoms with E-state index in [0.717, 1.165) is 0 Å². The lowest BCUT2D eigenvalue weighted by Crippen LogP contribution is -1.90. The standard InChI is InChI=1S/C10H13I/c1-7-5-4-6-10(8(7)2)9(3)11/h4-6,9H,1-3H3. The topological polar surface area (TPSA) is 0 Å². The third kappa shape index (κ3) is 1.95. The van der Waals surface area contributed by atoms with Gasteiger partial charge in [-0.1, -0.05) is 40.8 Å². The molecule has 1 aromatic rings. The molecule has 1 unspecified atom stereocenters. The van der Waals surface area contributed by atoms with Crippen molar-refractivity contribution in [2.75, 3.05) is 0 Å². The number of rotatable bonds is 1. The molecule has 0 saturated heterocycles. The van der Waals surface area contributed by atoms with Gasteiger partial charge in [0.1, 0.15) is 0 Å². The third-order valence-electron chi connectivity index (χ3n) is 2.08. The van der Waals surface area contributed by atoms with Crippen molar-refractivity contribution in [2.45, 2.75) is 24.7 Å². The zero-order valence-corrected chi connectivity index (χ0v) is 9.34. The van der Waals surface area contributed by atoms with Crippen molar-refractivity contribution in [1.29, 1.82) is 0 Å². The molecule has 1 heteroatoms. The van der Waals surface area contributed by atoms with Crippen LogP contribution in [-0.2, 0) is 0 Å². The average Bonchev–Trinajstić information content (AvgIpc) is 1.94. The van der Waals surface area contributed by atoms with Gasteiger partial charge < -0.3 is 0 Å². The second kappa shape index (κ2) is 3.57. The molecule has 1 atom stereocenters. The molecule has 0 amide bonds. The van der Waals surface area contributed by atoms with Gasteiger partial charge in [-0.05, 0) is 37.5 Å². The second-order valence-electron chi connectivity index (χ2n) is 2.91. The van der Waals surface area contributed by atoms with Crippen molar-refractivity contribution < 1.29 is 0 Å². The Bertz CT molecular complexity index is 251. The fraction of sp³-hybridized carbons (Fsp3) is 0.400. The van der Waals surface area contributed by atoms with Crippen LogP contribution >= 0.6 is 22.6 Å². The Balaban J connectivity index is 3.17. The van der Waals surface area contributed by atoms with E-state index in [9.17, 15) is 0 Å². The highest BCUT2D eigenvalue weighted by atomic mass is 127. The van der Waals surface area contributed by atoms with E-state index in [1.54, 1.807) is 0 Å². The molecule has 0 aromatic heterocycles. The van der Waals surface area contributed by atoms with Crippen LogP contribution in [0, 0.1) is 13.8 Å². The Morgan fingerprint density at radius 1 is 1.27 bits per heavy atom. The predicted molar refractivity (Wildman–Crippen MR) is 58.4 cm³/mol. The largest absolute Gasteiger partial charge is 0.0777 e. The molecule has 0 aliphatic carbocycles. The van der Waals surface area contributed by atoms with Crippen LogP contribution in [-0.4, -0.2) is 0 Å². The highest BCUT2D eigenvalue weighted by Crippen LogP contribution is 2.26. The third-order valence-corrected chi connectivity index (χ3v) is 2.75. The Morgan fingerprint density at radius 2 is 1.91 bits per heavy atom. The molecule has 60 valence electrons. The Labute approximate surface area is 82.2 Å². The molecular weight excluding hydrogens is 247 g/mol. The molecule has 0 saturated carbocycles. The van der Waals surface area contributed by atoms with Gasteiger partial charge in [0, 0.05) is 3.92 Å². The summed E-state index contributed by atoms with van der Waals surface area (Å²) in [6.45, 7) is 6.58. The number of hydrogen-bond acceptors (Lipinski definition) is 0. The zero-order valence-electron chi connectivity index (χ0n) is 7.19. The summed E-state index contributed by atoms with van der Waals surface area (Å²) >= 11 is 2.45. The Hall–Kier alpha value is -0.0500. The second-order valence-corrected chi connectivity index (χ2v) is 4.77. The van der Waals surface area contributed by atoms with Gasteiger partial charge in [0.2, 0.25) is 0 Å². The van der Waals surface area contributed by atoms with Crippen molar-refractivity contribution in [1.82, 2.24) is 0 Å². The van der Waals surface area contributed by atoms with E-state index in [2.05, 4.69) is 61.6 Å². The summed E-state index contributed by atoms with van der Waals surface area (Å²) in [6, 6.07) is 6.50. The minimum atomic E-state index is 0.618. The van der Waals surface area contributed by atoms with Crippen LogP contribution in [0.4, 0.5) is 0 Å². The molecule has 1 aromatic carbocycles. The quantitative estimate of drug-likeness (QED) is 0.532. The molecule has 1 rings (SSSR count). The normalized spacial score (nSPS) is 13.1. The van der Waals surface area contributed by atoms with Crippen LogP contribution in [0.25, 0.3) is 0 Å². The monoisotopic (exact) mass is 260 g/mol. The van der Waals surface area contributed by atoms with E-state index in [1.807, 2.05) is 0 Å². The van der Waals surface area contributed by atoms with Gasteiger partial charge >= 0.3 is 0 Å². The smallest absolute Gasteiger partial charge is 0.0334 e. The Kier molecular flexibility index (Phi) is 2.93. The molecule has 0 bridgehead atoms. The van der Waals surface area contributed by atoms with Crippen molar-refractivity contribution in [3.8, 4) is 0 Å². The molecule has 0 aliphatic heterocycles. The zero-order chi connectivity index (χ0) is 8.43. The molecule has 11 heavy (non-hydrogen) atoms. The average molecular weight is 260 g/mol. The minimum absolute atomic E-state index is 0.618. The number of aryl methyl sites for hydroxylation is 1. The summed E-state index contributed by atoms with van der Waals surface area (Å²) in [6.07, 6.45) is 0.